The number of ether oxygens (including phenoxy) is 2. The van der Waals surface area contributed by atoms with Gasteiger partial charge in [-0.1, -0.05) is 30.8 Å². The van der Waals surface area contributed by atoms with Gasteiger partial charge in [-0.3, -0.25) is 9.59 Å². The number of phenolic OH excluding ortho intramolecular Hbond substituents is 1. The minimum Gasteiger partial charge on any atom is -0.508 e. The summed E-state index contributed by atoms with van der Waals surface area (Å²) in [6, 6.07) is 14.3. The van der Waals surface area contributed by atoms with Gasteiger partial charge in [0.2, 0.25) is 0 Å². The quantitative estimate of drug-likeness (QED) is 0.734. The van der Waals surface area contributed by atoms with Crippen molar-refractivity contribution in [3.05, 3.63) is 83.2 Å². The van der Waals surface area contributed by atoms with Crippen molar-refractivity contribution in [2.45, 2.75) is 24.7 Å². The van der Waals surface area contributed by atoms with E-state index in [1.807, 2.05) is 24.3 Å². The van der Waals surface area contributed by atoms with Crippen LogP contribution in [0.25, 0.3) is 0 Å². The molecule has 0 fully saturated rings. The number of Topliss-reactive ketones (excluding diaryl/α,β-unsaturated/α-hetero) is 1. The molecule has 2 aromatic rings. The molecule has 0 spiro atoms. The van der Waals surface area contributed by atoms with Gasteiger partial charge in [0, 0.05) is 29.3 Å². The Morgan fingerprint density at radius 3 is 2.29 bits per heavy atom. The summed E-state index contributed by atoms with van der Waals surface area (Å²) in [7, 11) is 2.95. The van der Waals surface area contributed by atoms with Crippen LogP contribution in [-0.2, 0) is 14.3 Å². The number of esters is 1. The third-order valence-corrected chi connectivity index (χ3v) is 6.13. The first-order chi connectivity index (χ1) is 14.9. The molecular formula is C25H25NO5. The Morgan fingerprint density at radius 1 is 1.03 bits per heavy atom. The number of aromatic hydroxyl groups is 1. The Bertz CT molecular complexity index is 1050. The molecule has 0 saturated heterocycles. The molecule has 0 aromatic heterocycles. The number of rotatable bonds is 4. The molecule has 31 heavy (non-hydrogen) atoms. The van der Waals surface area contributed by atoms with Crippen molar-refractivity contribution in [1.29, 1.82) is 0 Å². The molecule has 2 N–H and O–H groups in total. The molecule has 1 heterocycles. The summed E-state index contributed by atoms with van der Waals surface area (Å²) in [6.45, 7) is 4.07. The van der Waals surface area contributed by atoms with E-state index in [4.69, 9.17) is 9.47 Å². The van der Waals surface area contributed by atoms with Crippen LogP contribution in [0.4, 0.5) is 0 Å². The number of allylic oxidation sites excluding steroid dienone is 2. The number of phenols is 1. The number of benzene rings is 2. The van der Waals surface area contributed by atoms with Gasteiger partial charge in [0.05, 0.1) is 14.2 Å². The van der Waals surface area contributed by atoms with Crippen LogP contribution in [0.5, 0.6) is 11.5 Å². The zero-order valence-corrected chi connectivity index (χ0v) is 17.6. The van der Waals surface area contributed by atoms with E-state index in [0.29, 0.717) is 24.1 Å². The van der Waals surface area contributed by atoms with Crippen LogP contribution >= 0.6 is 0 Å². The topological polar surface area (TPSA) is 84.9 Å². The van der Waals surface area contributed by atoms with E-state index in [2.05, 4.69) is 11.9 Å². The highest BCUT2D eigenvalue weighted by atomic mass is 16.5. The average molecular weight is 419 g/mol. The van der Waals surface area contributed by atoms with Crippen LogP contribution in [0.2, 0.25) is 0 Å². The Hall–Kier alpha value is -3.54. The molecule has 4 rings (SSSR count). The van der Waals surface area contributed by atoms with E-state index >= 15 is 0 Å². The SMILES string of the molecule is C=C1NC2=C(C(=O)CC(c3ccc(OC)cc3)C2)C(c2ccc(O)cc2)C1C(=O)OC. The second-order valence-corrected chi connectivity index (χ2v) is 7.91. The fourth-order valence-electron chi connectivity index (χ4n) is 4.61. The highest BCUT2D eigenvalue weighted by Crippen LogP contribution is 2.47. The smallest absolute Gasteiger partial charge is 0.315 e. The molecule has 0 saturated carbocycles. The number of hydrogen-bond donors (Lipinski definition) is 2. The maximum absolute atomic E-state index is 13.4. The predicted octanol–water partition coefficient (Wildman–Crippen LogP) is 3.79. The molecule has 0 radical (unpaired) electrons. The van der Waals surface area contributed by atoms with Gasteiger partial charge in [-0.25, -0.2) is 0 Å². The third-order valence-electron chi connectivity index (χ3n) is 6.13. The number of methoxy groups -OCH3 is 2. The fraction of sp³-hybridized carbons (Fsp3) is 0.280. The van der Waals surface area contributed by atoms with Crippen molar-refractivity contribution >= 4 is 11.8 Å². The summed E-state index contributed by atoms with van der Waals surface area (Å²) in [5.74, 6) is -0.789. The summed E-state index contributed by atoms with van der Waals surface area (Å²) in [4.78, 5) is 26.0. The predicted molar refractivity (Wildman–Crippen MR) is 116 cm³/mol. The van der Waals surface area contributed by atoms with E-state index in [-0.39, 0.29) is 17.5 Å². The van der Waals surface area contributed by atoms with Crippen LogP contribution in [0.15, 0.2) is 72.1 Å². The van der Waals surface area contributed by atoms with Crippen LogP contribution in [0.1, 0.15) is 35.8 Å². The van der Waals surface area contributed by atoms with Crippen molar-refractivity contribution in [3.8, 4) is 11.5 Å². The van der Waals surface area contributed by atoms with Gasteiger partial charge in [-0.2, -0.15) is 0 Å². The van der Waals surface area contributed by atoms with Gasteiger partial charge in [0.15, 0.2) is 5.78 Å². The lowest BCUT2D eigenvalue weighted by atomic mass is 9.69. The standard InChI is InChI=1S/C25H25NO5/c1-14-22(25(29)31-3)23(16-4-8-18(27)9-5-16)24-20(26-14)12-17(13-21(24)28)15-6-10-19(30-2)11-7-15/h4-11,17,22-23,26-27H,1,12-13H2,2-3H3. The second-order valence-electron chi connectivity index (χ2n) is 7.91. The highest BCUT2D eigenvalue weighted by Gasteiger charge is 2.45. The second kappa shape index (κ2) is 8.30. The Balaban J connectivity index is 1.76. The van der Waals surface area contributed by atoms with Crippen molar-refractivity contribution in [2.75, 3.05) is 14.2 Å². The lowest BCUT2D eigenvalue weighted by Gasteiger charge is -2.40. The molecule has 160 valence electrons. The summed E-state index contributed by atoms with van der Waals surface area (Å²) < 4.78 is 10.3. The van der Waals surface area contributed by atoms with Gasteiger partial charge in [-0.15, -0.1) is 0 Å². The van der Waals surface area contributed by atoms with Crippen LogP contribution in [0.3, 0.4) is 0 Å². The molecule has 0 amide bonds. The van der Waals surface area contributed by atoms with Crippen molar-refractivity contribution in [2.24, 2.45) is 5.92 Å². The first-order valence-electron chi connectivity index (χ1n) is 10.2. The maximum atomic E-state index is 13.4. The number of nitrogens with one attached hydrogen (secondary N) is 1. The molecule has 3 unspecified atom stereocenters. The molecule has 0 bridgehead atoms. The third kappa shape index (κ3) is 3.81. The molecular weight excluding hydrogens is 394 g/mol. The summed E-state index contributed by atoms with van der Waals surface area (Å²) in [6.07, 6.45) is 0.983. The minimum atomic E-state index is -0.727. The molecule has 1 aliphatic heterocycles. The zero-order valence-electron chi connectivity index (χ0n) is 17.6. The van der Waals surface area contributed by atoms with Crippen LogP contribution < -0.4 is 10.1 Å². The summed E-state index contributed by atoms with van der Waals surface area (Å²) in [5, 5.41) is 12.9. The fourth-order valence-corrected chi connectivity index (χ4v) is 4.61. The zero-order chi connectivity index (χ0) is 22.1. The average Bonchev–Trinajstić information content (AvgIpc) is 2.78. The number of ketones is 1. The summed E-state index contributed by atoms with van der Waals surface area (Å²) in [5.41, 5.74) is 3.72. The van der Waals surface area contributed by atoms with E-state index in [9.17, 15) is 14.7 Å². The van der Waals surface area contributed by atoms with E-state index in [1.165, 1.54) is 7.11 Å². The summed E-state index contributed by atoms with van der Waals surface area (Å²) >= 11 is 0. The van der Waals surface area contributed by atoms with Gasteiger partial charge in [-0.05, 0) is 47.7 Å². The monoisotopic (exact) mass is 419 g/mol. The first kappa shape index (κ1) is 20.7. The Morgan fingerprint density at radius 2 is 1.68 bits per heavy atom. The first-order valence-corrected chi connectivity index (χ1v) is 10.2. The Labute approximate surface area is 181 Å². The van der Waals surface area contributed by atoms with Crippen LogP contribution in [-0.4, -0.2) is 31.1 Å². The van der Waals surface area contributed by atoms with E-state index < -0.39 is 17.8 Å². The van der Waals surface area contributed by atoms with Gasteiger partial charge in [0.25, 0.3) is 0 Å². The van der Waals surface area contributed by atoms with Gasteiger partial charge < -0.3 is 19.9 Å². The van der Waals surface area contributed by atoms with Gasteiger partial charge in [0.1, 0.15) is 17.4 Å². The molecule has 1 aliphatic carbocycles. The number of carbonyl (C=O) groups excluding carboxylic acids is 2. The lowest BCUT2D eigenvalue weighted by molar-refractivity contribution is -0.144. The molecule has 6 nitrogen and oxygen atoms in total. The molecule has 6 heteroatoms. The number of hydrogen-bond acceptors (Lipinski definition) is 6. The molecule has 3 atom stereocenters. The lowest BCUT2D eigenvalue weighted by Crippen LogP contribution is -2.42. The van der Waals surface area contributed by atoms with E-state index in [0.717, 1.165) is 22.6 Å². The highest BCUT2D eigenvalue weighted by molar-refractivity contribution is 6.01. The van der Waals surface area contributed by atoms with Crippen molar-refractivity contribution in [1.82, 2.24) is 5.32 Å². The minimum absolute atomic E-state index is 0.00551. The normalized spacial score (nSPS) is 23.1. The van der Waals surface area contributed by atoms with Crippen LogP contribution in [0, 0.1) is 5.92 Å². The largest absolute Gasteiger partial charge is 0.508 e. The maximum Gasteiger partial charge on any atom is 0.315 e. The van der Waals surface area contributed by atoms with Crippen molar-refractivity contribution in [3.63, 3.8) is 0 Å². The number of carbonyl (C=O) groups is 2. The molecule has 2 aliphatic rings. The molecule has 2 aromatic carbocycles. The Kier molecular flexibility index (Phi) is 5.55. The van der Waals surface area contributed by atoms with E-state index in [1.54, 1.807) is 31.4 Å². The van der Waals surface area contributed by atoms with Crippen molar-refractivity contribution < 1.29 is 24.2 Å². The van der Waals surface area contributed by atoms with Gasteiger partial charge >= 0.3 is 5.97 Å².